The number of nitrogens with one attached hydrogen (secondary N) is 1. The lowest BCUT2D eigenvalue weighted by Crippen LogP contribution is -2.43. The molecule has 2 atom stereocenters. The van der Waals surface area contributed by atoms with Crippen LogP contribution < -0.4 is 5.32 Å². The molecule has 2 fully saturated rings. The minimum Gasteiger partial charge on any atom is -0.396 e. The summed E-state index contributed by atoms with van der Waals surface area (Å²) in [5, 5.41) is 12.7. The van der Waals surface area contributed by atoms with E-state index in [4.69, 9.17) is 4.74 Å². The molecular formula is C12H23NO2. The van der Waals surface area contributed by atoms with Crippen LogP contribution in [0.3, 0.4) is 0 Å². The number of aliphatic hydroxyl groups is 1. The summed E-state index contributed by atoms with van der Waals surface area (Å²) < 4.78 is 5.76. The van der Waals surface area contributed by atoms with Gasteiger partial charge in [0.1, 0.15) is 0 Å². The van der Waals surface area contributed by atoms with Crippen molar-refractivity contribution < 1.29 is 9.84 Å². The van der Waals surface area contributed by atoms with E-state index < -0.39 is 0 Å². The second-order valence-electron chi connectivity index (χ2n) is 5.77. The molecule has 0 aromatic rings. The normalized spacial score (nSPS) is 32.2. The van der Waals surface area contributed by atoms with Gasteiger partial charge in [-0.3, -0.25) is 0 Å². The summed E-state index contributed by atoms with van der Waals surface area (Å²) in [4.78, 5) is 0. The average Bonchev–Trinajstić information content (AvgIpc) is 2.95. The molecule has 1 aliphatic carbocycles. The Kier molecular flexibility index (Phi) is 3.33. The first-order chi connectivity index (χ1) is 7.12. The first-order valence-corrected chi connectivity index (χ1v) is 6.08. The van der Waals surface area contributed by atoms with E-state index in [0.29, 0.717) is 12.1 Å². The molecule has 2 aliphatic rings. The van der Waals surface area contributed by atoms with Gasteiger partial charge in [-0.2, -0.15) is 0 Å². The third kappa shape index (κ3) is 2.92. The molecule has 2 rings (SSSR count). The van der Waals surface area contributed by atoms with Crippen molar-refractivity contribution in [3.63, 3.8) is 0 Å². The number of hydrogen-bond acceptors (Lipinski definition) is 3. The molecule has 0 spiro atoms. The van der Waals surface area contributed by atoms with Gasteiger partial charge >= 0.3 is 0 Å². The summed E-state index contributed by atoms with van der Waals surface area (Å²) in [6.07, 6.45) is 4.25. The van der Waals surface area contributed by atoms with Gasteiger partial charge < -0.3 is 15.2 Å². The fraction of sp³-hybridized carbons (Fsp3) is 1.00. The van der Waals surface area contributed by atoms with E-state index in [0.717, 1.165) is 25.5 Å². The van der Waals surface area contributed by atoms with Crippen molar-refractivity contribution in [2.45, 2.75) is 45.3 Å². The lowest BCUT2D eigenvalue weighted by atomic mass is 9.94. The van der Waals surface area contributed by atoms with Crippen molar-refractivity contribution >= 4 is 0 Å². The van der Waals surface area contributed by atoms with Gasteiger partial charge in [-0.1, -0.05) is 13.8 Å². The summed E-state index contributed by atoms with van der Waals surface area (Å²) in [7, 11) is 0. The maximum absolute atomic E-state index is 9.18. The summed E-state index contributed by atoms with van der Waals surface area (Å²) in [6.45, 7) is 6.19. The molecule has 0 radical (unpaired) electrons. The zero-order chi connectivity index (χ0) is 10.9. The van der Waals surface area contributed by atoms with Gasteiger partial charge in [0, 0.05) is 31.2 Å². The monoisotopic (exact) mass is 213 g/mol. The Labute approximate surface area is 92.2 Å². The van der Waals surface area contributed by atoms with Crippen molar-refractivity contribution in [3.05, 3.63) is 0 Å². The van der Waals surface area contributed by atoms with Gasteiger partial charge in [-0.15, -0.1) is 0 Å². The highest BCUT2D eigenvalue weighted by Crippen LogP contribution is 2.38. The van der Waals surface area contributed by atoms with Gasteiger partial charge in [-0.25, -0.2) is 0 Å². The Morgan fingerprint density at radius 3 is 2.67 bits per heavy atom. The molecule has 3 heteroatoms. The Balaban J connectivity index is 1.78. The zero-order valence-electron chi connectivity index (χ0n) is 9.83. The number of ether oxygens (including phenoxy) is 1. The first-order valence-electron chi connectivity index (χ1n) is 6.08. The minimum atomic E-state index is -0.0172. The quantitative estimate of drug-likeness (QED) is 0.720. The number of aliphatic hydroxyl groups excluding tert-OH is 1. The fourth-order valence-corrected chi connectivity index (χ4v) is 2.18. The van der Waals surface area contributed by atoms with Crippen LogP contribution in [0, 0.1) is 11.3 Å². The maximum Gasteiger partial charge on any atom is 0.0756 e. The highest BCUT2D eigenvalue weighted by molar-refractivity contribution is 4.94. The molecule has 2 unspecified atom stereocenters. The predicted molar refractivity (Wildman–Crippen MR) is 59.7 cm³/mol. The van der Waals surface area contributed by atoms with Gasteiger partial charge in [0.2, 0.25) is 0 Å². The molecule has 0 bridgehead atoms. The Bertz CT molecular complexity index is 214. The largest absolute Gasteiger partial charge is 0.396 e. The van der Waals surface area contributed by atoms with E-state index in [1.807, 2.05) is 0 Å². The standard InChI is InChI=1S/C12H23NO2/c1-12(2,8-14)7-13-10-5-6-15-11(10)9-3-4-9/h9-11,13-14H,3-8H2,1-2H3. The van der Waals surface area contributed by atoms with E-state index in [1.54, 1.807) is 0 Å². The maximum atomic E-state index is 9.18. The van der Waals surface area contributed by atoms with Crippen LogP contribution in [0.4, 0.5) is 0 Å². The third-order valence-corrected chi connectivity index (χ3v) is 3.49. The third-order valence-electron chi connectivity index (χ3n) is 3.49. The summed E-state index contributed by atoms with van der Waals surface area (Å²) >= 11 is 0. The van der Waals surface area contributed by atoms with Crippen molar-refractivity contribution in [3.8, 4) is 0 Å². The van der Waals surface area contributed by atoms with E-state index in [2.05, 4.69) is 19.2 Å². The second kappa shape index (κ2) is 4.40. The first kappa shape index (κ1) is 11.4. The van der Waals surface area contributed by atoms with Crippen LogP contribution in [-0.2, 0) is 4.74 Å². The van der Waals surface area contributed by atoms with Crippen molar-refractivity contribution in [2.75, 3.05) is 19.8 Å². The molecule has 2 N–H and O–H groups in total. The molecule has 15 heavy (non-hydrogen) atoms. The topological polar surface area (TPSA) is 41.5 Å². The average molecular weight is 213 g/mol. The zero-order valence-corrected chi connectivity index (χ0v) is 9.83. The summed E-state index contributed by atoms with van der Waals surface area (Å²) in [5.74, 6) is 0.808. The number of hydrogen-bond donors (Lipinski definition) is 2. The van der Waals surface area contributed by atoms with E-state index in [9.17, 15) is 5.11 Å². The van der Waals surface area contributed by atoms with Crippen molar-refractivity contribution in [1.29, 1.82) is 0 Å². The lowest BCUT2D eigenvalue weighted by molar-refractivity contribution is 0.0761. The van der Waals surface area contributed by atoms with E-state index in [1.165, 1.54) is 12.8 Å². The van der Waals surface area contributed by atoms with E-state index in [-0.39, 0.29) is 12.0 Å². The molecule has 1 aliphatic heterocycles. The van der Waals surface area contributed by atoms with Crippen LogP contribution in [0.2, 0.25) is 0 Å². The molecule has 1 saturated carbocycles. The SMILES string of the molecule is CC(C)(CO)CNC1CCOC1C1CC1. The van der Waals surface area contributed by atoms with E-state index >= 15 is 0 Å². The van der Waals surface area contributed by atoms with Crippen LogP contribution in [0.1, 0.15) is 33.1 Å². The molecule has 0 amide bonds. The van der Waals surface area contributed by atoms with Crippen LogP contribution in [-0.4, -0.2) is 37.0 Å². The highest BCUT2D eigenvalue weighted by atomic mass is 16.5. The molecule has 1 saturated heterocycles. The molecule has 0 aromatic heterocycles. The highest BCUT2D eigenvalue weighted by Gasteiger charge is 2.40. The molecule has 3 nitrogen and oxygen atoms in total. The van der Waals surface area contributed by atoms with Crippen LogP contribution in [0.15, 0.2) is 0 Å². The van der Waals surface area contributed by atoms with Crippen molar-refractivity contribution in [1.82, 2.24) is 5.32 Å². The van der Waals surface area contributed by atoms with Gasteiger partial charge in [0.25, 0.3) is 0 Å². The second-order valence-corrected chi connectivity index (χ2v) is 5.77. The Hall–Kier alpha value is -0.120. The minimum absolute atomic E-state index is 0.0172. The van der Waals surface area contributed by atoms with Gasteiger partial charge in [-0.05, 0) is 25.2 Å². The van der Waals surface area contributed by atoms with Crippen molar-refractivity contribution in [2.24, 2.45) is 11.3 Å². The van der Waals surface area contributed by atoms with Gasteiger partial charge in [0.15, 0.2) is 0 Å². The molecule has 1 heterocycles. The number of rotatable bonds is 5. The van der Waals surface area contributed by atoms with Gasteiger partial charge in [0.05, 0.1) is 6.10 Å². The van der Waals surface area contributed by atoms with Crippen LogP contribution in [0.25, 0.3) is 0 Å². The van der Waals surface area contributed by atoms with Crippen LogP contribution >= 0.6 is 0 Å². The summed E-state index contributed by atoms with van der Waals surface area (Å²) in [5.41, 5.74) is -0.0172. The molecule has 0 aromatic carbocycles. The lowest BCUT2D eigenvalue weighted by Gasteiger charge is -2.27. The Morgan fingerprint density at radius 1 is 1.33 bits per heavy atom. The smallest absolute Gasteiger partial charge is 0.0756 e. The summed E-state index contributed by atoms with van der Waals surface area (Å²) in [6, 6.07) is 0.517. The molecule has 88 valence electrons. The predicted octanol–water partition coefficient (Wildman–Crippen LogP) is 1.16. The fourth-order valence-electron chi connectivity index (χ4n) is 2.18. The van der Waals surface area contributed by atoms with Crippen LogP contribution in [0.5, 0.6) is 0 Å². The molecular weight excluding hydrogens is 190 g/mol. The Morgan fingerprint density at radius 2 is 2.07 bits per heavy atom.